The number of carbonyl (C=O) groups is 1. The number of carbonyl (C=O) groups excluding carboxylic acids is 1. The van der Waals surface area contributed by atoms with Crippen LogP contribution in [0.1, 0.15) is 16.2 Å². The van der Waals surface area contributed by atoms with Gasteiger partial charge in [-0.25, -0.2) is 4.98 Å². The lowest BCUT2D eigenvalue weighted by molar-refractivity contribution is 0.0529. The first-order chi connectivity index (χ1) is 6.86. The van der Waals surface area contributed by atoms with E-state index in [2.05, 4.69) is 10.3 Å². The second-order valence-electron chi connectivity index (χ2n) is 3.19. The summed E-state index contributed by atoms with van der Waals surface area (Å²) in [5.74, 6) is -0.0214. The highest BCUT2D eigenvalue weighted by Crippen LogP contribution is 2.07. The Bertz CT molecular complexity index is 299. The van der Waals surface area contributed by atoms with Crippen molar-refractivity contribution in [2.75, 3.05) is 19.7 Å². The Morgan fingerprint density at radius 2 is 2.60 bits per heavy atom. The monoisotopic (exact) mass is 248 g/mol. The first-order valence-corrected chi connectivity index (χ1v) is 5.49. The number of ether oxygens (including phenoxy) is 1. The van der Waals surface area contributed by atoms with Crippen molar-refractivity contribution in [3.63, 3.8) is 0 Å². The Hall–Kier alpha value is -0.490. The van der Waals surface area contributed by atoms with E-state index in [1.165, 1.54) is 11.3 Å². The van der Waals surface area contributed by atoms with E-state index >= 15 is 0 Å². The predicted molar refractivity (Wildman–Crippen MR) is 60.9 cm³/mol. The first kappa shape index (κ1) is 12.6. The number of hydrogen-bond acceptors (Lipinski definition) is 5. The zero-order valence-corrected chi connectivity index (χ0v) is 9.77. The van der Waals surface area contributed by atoms with E-state index in [1.807, 2.05) is 0 Å². The molecule has 2 heterocycles. The summed E-state index contributed by atoms with van der Waals surface area (Å²) in [6.07, 6.45) is 2.82. The van der Waals surface area contributed by atoms with Crippen molar-refractivity contribution < 1.29 is 9.53 Å². The number of aromatic nitrogens is 1. The highest BCUT2D eigenvalue weighted by molar-refractivity contribution is 7.11. The summed E-state index contributed by atoms with van der Waals surface area (Å²) in [5, 5.41) is 5.52. The van der Waals surface area contributed by atoms with Gasteiger partial charge in [0.2, 0.25) is 5.78 Å². The van der Waals surface area contributed by atoms with Crippen molar-refractivity contribution in [1.82, 2.24) is 10.3 Å². The molecule has 0 saturated carbocycles. The maximum atomic E-state index is 11.5. The predicted octanol–water partition coefficient (Wildman–Crippen LogP) is 1.13. The topological polar surface area (TPSA) is 51.2 Å². The summed E-state index contributed by atoms with van der Waals surface area (Å²) in [6, 6.07) is 0. The van der Waals surface area contributed by atoms with Crippen molar-refractivity contribution in [1.29, 1.82) is 0 Å². The normalized spacial score (nSPS) is 19.9. The number of hydrogen-bond donors (Lipinski definition) is 1. The van der Waals surface area contributed by atoms with E-state index in [4.69, 9.17) is 4.74 Å². The zero-order valence-electron chi connectivity index (χ0n) is 8.14. The number of thiazole rings is 1. The quantitative estimate of drug-likeness (QED) is 0.812. The molecule has 1 aromatic rings. The number of Topliss-reactive ketones (excluding diaryl/α,β-unsaturated/α-hetero) is 1. The average molecular weight is 249 g/mol. The maximum absolute atomic E-state index is 11.5. The molecule has 2 rings (SSSR count). The van der Waals surface area contributed by atoms with E-state index in [9.17, 15) is 4.79 Å². The van der Waals surface area contributed by atoms with Gasteiger partial charge in [-0.2, -0.15) is 0 Å². The van der Waals surface area contributed by atoms with Gasteiger partial charge in [0.05, 0.1) is 6.10 Å². The number of nitrogens with one attached hydrogen (secondary N) is 1. The molecule has 0 spiro atoms. The molecule has 0 amide bonds. The van der Waals surface area contributed by atoms with Gasteiger partial charge in [-0.3, -0.25) is 4.79 Å². The fourth-order valence-corrected chi connectivity index (χ4v) is 1.95. The van der Waals surface area contributed by atoms with Crippen molar-refractivity contribution in [3.8, 4) is 0 Å². The SMILES string of the molecule is Cl.O=C(CO[C@@H]1CCNC1)c1nccs1. The molecule has 4 nitrogen and oxygen atoms in total. The van der Waals surface area contributed by atoms with Gasteiger partial charge < -0.3 is 10.1 Å². The van der Waals surface area contributed by atoms with E-state index in [1.54, 1.807) is 11.6 Å². The minimum absolute atomic E-state index is 0. The Morgan fingerprint density at radius 1 is 1.73 bits per heavy atom. The molecule has 1 N–H and O–H groups in total. The summed E-state index contributed by atoms with van der Waals surface area (Å²) in [6.45, 7) is 1.99. The van der Waals surface area contributed by atoms with E-state index in [0.717, 1.165) is 19.5 Å². The van der Waals surface area contributed by atoms with Gasteiger partial charge in [-0.1, -0.05) is 0 Å². The Balaban J connectivity index is 0.00000112. The Kier molecular flexibility index (Phi) is 5.17. The highest BCUT2D eigenvalue weighted by Gasteiger charge is 2.17. The van der Waals surface area contributed by atoms with Crippen molar-refractivity contribution >= 4 is 29.5 Å². The second kappa shape index (κ2) is 6.17. The van der Waals surface area contributed by atoms with Crippen molar-refractivity contribution in [3.05, 3.63) is 16.6 Å². The standard InChI is InChI=1S/C9H12N2O2S.ClH/c12-8(9-11-3-4-14-9)6-13-7-1-2-10-5-7;/h3-4,7,10H,1-2,5-6H2;1H/t7-;/m1./s1. The lowest BCUT2D eigenvalue weighted by atomic mass is 10.3. The molecule has 15 heavy (non-hydrogen) atoms. The molecule has 0 aromatic carbocycles. The first-order valence-electron chi connectivity index (χ1n) is 4.61. The van der Waals surface area contributed by atoms with Crippen LogP contribution in [0.3, 0.4) is 0 Å². The van der Waals surface area contributed by atoms with E-state index < -0.39 is 0 Å². The van der Waals surface area contributed by atoms with Gasteiger partial charge >= 0.3 is 0 Å². The van der Waals surface area contributed by atoms with Crippen LogP contribution in [0.25, 0.3) is 0 Å². The Morgan fingerprint density at radius 3 is 3.20 bits per heavy atom. The molecule has 0 aliphatic carbocycles. The van der Waals surface area contributed by atoms with Gasteiger partial charge in [0.25, 0.3) is 0 Å². The molecule has 1 saturated heterocycles. The van der Waals surface area contributed by atoms with Gasteiger partial charge in [0, 0.05) is 18.1 Å². The zero-order chi connectivity index (χ0) is 9.80. The summed E-state index contributed by atoms with van der Waals surface area (Å²) >= 11 is 1.36. The third-order valence-corrected chi connectivity index (χ3v) is 2.95. The van der Waals surface area contributed by atoms with E-state index in [-0.39, 0.29) is 30.9 Å². The number of halogens is 1. The molecule has 1 atom stereocenters. The molecule has 1 aliphatic rings. The van der Waals surface area contributed by atoms with Crippen LogP contribution < -0.4 is 5.32 Å². The average Bonchev–Trinajstić information content (AvgIpc) is 2.87. The van der Waals surface area contributed by atoms with Crippen molar-refractivity contribution in [2.24, 2.45) is 0 Å². The summed E-state index contributed by atoms with van der Waals surface area (Å²) in [7, 11) is 0. The van der Waals surface area contributed by atoms with Crippen molar-refractivity contribution in [2.45, 2.75) is 12.5 Å². The maximum Gasteiger partial charge on any atom is 0.216 e. The summed E-state index contributed by atoms with van der Waals surface area (Å²) < 4.78 is 5.44. The van der Waals surface area contributed by atoms with Crippen LogP contribution >= 0.6 is 23.7 Å². The molecular weight excluding hydrogens is 236 g/mol. The van der Waals surface area contributed by atoms with Crippen LogP contribution in [0.2, 0.25) is 0 Å². The van der Waals surface area contributed by atoms with Crippen LogP contribution in [0.15, 0.2) is 11.6 Å². The third kappa shape index (κ3) is 3.53. The molecule has 0 unspecified atom stereocenters. The molecular formula is C9H13ClN2O2S. The van der Waals surface area contributed by atoms with Gasteiger partial charge in [0.15, 0.2) is 5.01 Å². The van der Waals surface area contributed by atoms with Crippen LogP contribution in [-0.2, 0) is 4.74 Å². The molecule has 1 fully saturated rings. The lowest BCUT2D eigenvalue weighted by Gasteiger charge is -2.07. The second-order valence-corrected chi connectivity index (χ2v) is 4.08. The number of nitrogens with zero attached hydrogens (tertiary/aromatic N) is 1. The molecule has 6 heteroatoms. The largest absolute Gasteiger partial charge is 0.369 e. The van der Waals surface area contributed by atoms with Gasteiger partial charge in [0.1, 0.15) is 6.61 Å². The van der Waals surface area contributed by atoms with Gasteiger partial charge in [-0.05, 0) is 13.0 Å². The fraction of sp³-hybridized carbons (Fsp3) is 0.556. The van der Waals surface area contributed by atoms with Crippen LogP contribution in [0.5, 0.6) is 0 Å². The number of ketones is 1. The third-order valence-electron chi connectivity index (χ3n) is 2.14. The molecule has 0 bridgehead atoms. The summed E-state index contributed by atoms with van der Waals surface area (Å²) in [5.41, 5.74) is 0. The molecule has 1 aromatic heterocycles. The highest BCUT2D eigenvalue weighted by atomic mass is 35.5. The minimum atomic E-state index is -0.0214. The molecule has 84 valence electrons. The minimum Gasteiger partial charge on any atom is -0.369 e. The number of rotatable bonds is 4. The van der Waals surface area contributed by atoms with Crippen LogP contribution in [-0.4, -0.2) is 36.6 Å². The van der Waals surface area contributed by atoms with Gasteiger partial charge in [-0.15, -0.1) is 23.7 Å². The lowest BCUT2D eigenvalue weighted by Crippen LogP contribution is -2.20. The van der Waals surface area contributed by atoms with Crippen LogP contribution in [0.4, 0.5) is 0 Å². The van der Waals surface area contributed by atoms with E-state index in [0.29, 0.717) is 5.01 Å². The smallest absolute Gasteiger partial charge is 0.216 e. The molecule has 0 radical (unpaired) electrons. The molecule has 1 aliphatic heterocycles. The summed E-state index contributed by atoms with van der Waals surface area (Å²) in [4.78, 5) is 15.4. The Labute approximate surface area is 98.5 Å². The van der Waals surface area contributed by atoms with Crippen LogP contribution in [0, 0.1) is 0 Å². The fourth-order valence-electron chi connectivity index (χ4n) is 1.39.